The maximum absolute atomic E-state index is 13.3. The van der Waals surface area contributed by atoms with Crippen LogP contribution < -0.4 is 10.1 Å². The molecule has 0 saturated heterocycles. The van der Waals surface area contributed by atoms with Gasteiger partial charge in [-0.15, -0.1) is 0 Å². The number of nitrogens with zero attached hydrogens (tertiary/aromatic N) is 1. The Labute approximate surface area is 222 Å². The van der Waals surface area contributed by atoms with Crippen molar-refractivity contribution < 1.29 is 43.7 Å². The number of nitrogens with one attached hydrogen (secondary N) is 1. The molecule has 0 radical (unpaired) electrons. The summed E-state index contributed by atoms with van der Waals surface area (Å²) in [6.45, 7) is -0.414. The minimum Gasteiger partial charge on any atom is -0.507 e. The highest BCUT2D eigenvalue weighted by atomic mass is 16.5. The molecule has 0 aromatic heterocycles. The van der Waals surface area contributed by atoms with E-state index >= 15 is 0 Å². The summed E-state index contributed by atoms with van der Waals surface area (Å²) in [5.41, 5.74) is -0.0165. The third-order valence-electron chi connectivity index (χ3n) is 7.40. The molecule has 1 aliphatic heterocycles. The van der Waals surface area contributed by atoms with Crippen LogP contribution >= 0.6 is 0 Å². The number of phenols is 2. The predicted molar refractivity (Wildman–Crippen MR) is 134 cm³/mol. The van der Waals surface area contributed by atoms with Gasteiger partial charge in [0.1, 0.15) is 17.2 Å². The number of ether oxygens (including phenoxy) is 1. The normalized spacial score (nSPS) is 17.6. The summed E-state index contributed by atoms with van der Waals surface area (Å²) >= 11 is 0. The summed E-state index contributed by atoms with van der Waals surface area (Å²) in [7, 11) is 1.36. The second-order valence-corrected chi connectivity index (χ2v) is 9.54. The number of carbonyl (C=O) groups excluding carboxylic acids is 6. The highest BCUT2D eigenvalue weighted by Gasteiger charge is 2.41. The maximum Gasteiger partial charge on any atom is 0.253 e. The van der Waals surface area contributed by atoms with Gasteiger partial charge in [-0.05, 0) is 25.3 Å². The summed E-state index contributed by atoms with van der Waals surface area (Å²) in [4.78, 5) is 75.9. The first-order valence-electron chi connectivity index (χ1n) is 12.3. The number of phenolic OH excluding ortho intramolecular Hbond substituents is 2. The molecule has 1 atom stereocenters. The van der Waals surface area contributed by atoms with Crippen molar-refractivity contribution in [3.8, 4) is 17.2 Å². The first-order chi connectivity index (χ1) is 18.6. The van der Waals surface area contributed by atoms with Crippen molar-refractivity contribution in [1.82, 2.24) is 10.2 Å². The molecule has 0 fully saturated rings. The molecular formula is C28H24N2O9. The highest BCUT2D eigenvalue weighted by Crippen LogP contribution is 2.47. The quantitative estimate of drug-likeness (QED) is 0.297. The molecule has 2 aromatic rings. The first kappa shape index (κ1) is 25.8. The molecule has 11 nitrogen and oxygen atoms in total. The van der Waals surface area contributed by atoms with Crippen LogP contribution in [-0.4, -0.2) is 70.4 Å². The summed E-state index contributed by atoms with van der Waals surface area (Å²) in [6.07, 6.45) is 2.54. The third kappa shape index (κ3) is 4.25. The molecule has 39 heavy (non-hydrogen) atoms. The van der Waals surface area contributed by atoms with Crippen LogP contribution in [0, 0.1) is 5.92 Å². The minimum atomic E-state index is -0.639. The van der Waals surface area contributed by atoms with Gasteiger partial charge in [0, 0.05) is 47.7 Å². The zero-order valence-electron chi connectivity index (χ0n) is 20.9. The lowest BCUT2D eigenvalue weighted by Crippen LogP contribution is -2.38. The Morgan fingerprint density at radius 2 is 1.64 bits per heavy atom. The molecule has 3 N–H and O–H groups in total. The fourth-order valence-corrected chi connectivity index (χ4v) is 5.37. The number of hydrogen-bond acceptors (Lipinski definition) is 9. The van der Waals surface area contributed by atoms with Crippen molar-refractivity contribution in [1.29, 1.82) is 0 Å². The van der Waals surface area contributed by atoms with Gasteiger partial charge < -0.3 is 20.3 Å². The maximum atomic E-state index is 13.3. The largest absolute Gasteiger partial charge is 0.507 e. The molecule has 1 unspecified atom stereocenters. The molecule has 2 aromatic carbocycles. The van der Waals surface area contributed by atoms with E-state index in [1.807, 2.05) is 0 Å². The van der Waals surface area contributed by atoms with Crippen molar-refractivity contribution >= 4 is 35.1 Å². The Kier molecular flexibility index (Phi) is 6.51. The molecule has 200 valence electrons. The first-order valence-corrected chi connectivity index (χ1v) is 12.3. The third-order valence-corrected chi connectivity index (χ3v) is 7.40. The van der Waals surface area contributed by atoms with E-state index in [0.717, 1.165) is 17.1 Å². The molecule has 2 aliphatic carbocycles. The van der Waals surface area contributed by atoms with Gasteiger partial charge in [-0.25, -0.2) is 0 Å². The van der Waals surface area contributed by atoms with E-state index in [4.69, 9.17) is 4.74 Å². The Morgan fingerprint density at radius 3 is 2.33 bits per heavy atom. The predicted octanol–water partition coefficient (Wildman–Crippen LogP) is 0.987. The summed E-state index contributed by atoms with van der Waals surface area (Å²) < 4.78 is 5.24. The van der Waals surface area contributed by atoms with E-state index in [0.29, 0.717) is 5.56 Å². The van der Waals surface area contributed by atoms with Gasteiger partial charge >= 0.3 is 0 Å². The molecule has 1 heterocycles. The van der Waals surface area contributed by atoms with Gasteiger partial charge in [-0.2, -0.15) is 0 Å². The Balaban J connectivity index is 1.32. The Bertz CT molecular complexity index is 1500. The molecule has 3 aliphatic rings. The molecule has 3 amide bonds. The van der Waals surface area contributed by atoms with Gasteiger partial charge in [0.25, 0.3) is 11.8 Å². The van der Waals surface area contributed by atoms with Crippen LogP contribution in [0.2, 0.25) is 0 Å². The number of imide groups is 1. The number of Topliss-reactive ketones (excluding diaryl/α,β-unsaturated/α-hetero) is 1. The van der Waals surface area contributed by atoms with Crippen LogP contribution in [0.25, 0.3) is 0 Å². The van der Waals surface area contributed by atoms with E-state index in [2.05, 4.69) is 5.32 Å². The lowest BCUT2D eigenvalue weighted by atomic mass is 9.74. The van der Waals surface area contributed by atoms with Crippen LogP contribution in [0.4, 0.5) is 0 Å². The van der Waals surface area contributed by atoms with E-state index < -0.39 is 46.7 Å². The van der Waals surface area contributed by atoms with E-state index in [-0.39, 0.29) is 78.1 Å². The highest BCUT2D eigenvalue weighted by molar-refractivity contribution is 6.31. The number of ketones is 3. The fraction of sp³-hybridized carbons (Fsp3) is 0.286. The number of hydrogen-bond donors (Lipinski definition) is 3. The van der Waals surface area contributed by atoms with Crippen molar-refractivity contribution in [3.63, 3.8) is 0 Å². The number of carbonyl (C=O) groups is 6. The van der Waals surface area contributed by atoms with Crippen molar-refractivity contribution in [2.75, 3.05) is 20.2 Å². The van der Waals surface area contributed by atoms with Crippen molar-refractivity contribution in [2.45, 2.75) is 25.7 Å². The molecular weight excluding hydrogens is 508 g/mol. The molecule has 0 saturated carbocycles. The second kappa shape index (κ2) is 9.82. The smallest absolute Gasteiger partial charge is 0.253 e. The average molecular weight is 533 g/mol. The van der Waals surface area contributed by atoms with Gasteiger partial charge in [0.15, 0.2) is 11.6 Å². The number of amides is 3. The van der Waals surface area contributed by atoms with Crippen molar-refractivity contribution in [2.24, 2.45) is 5.92 Å². The lowest BCUT2D eigenvalue weighted by molar-refractivity contribution is -0.137. The number of aromatic hydroxyl groups is 2. The van der Waals surface area contributed by atoms with Gasteiger partial charge in [-0.3, -0.25) is 33.7 Å². The second-order valence-electron chi connectivity index (χ2n) is 9.54. The van der Waals surface area contributed by atoms with Crippen molar-refractivity contribution in [3.05, 3.63) is 63.7 Å². The van der Waals surface area contributed by atoms with Crippen LogP contribution in [0.3, 0.4) is 0 Å². The zero-order valence-corrected chi connectivity index (χ0v) is 20.9. The van der Waals surface area contributed by atoms with Crippen LogP contribution in [0.1, 0.15) is 55.8 Å². The summed E-state index contributed by atoms with van der Waals surface area (Å²) in [6, 6.07) is 4.52. The Morgan fingerprint density at radius 1 is 0.974 bits per heavy atom. The number of fused-ring (bicyclic) bond motifs is 3. The summed E-state index contributed by atoms with van der Waals surface area (Å²) in [5.74, 6) is -4.40. The minimum absolute atomic E-state index is 0.00556. The SMILES string of the molecule is COc1cccc2c1C(=O)c1c(O)c3c(c(O)c1C2=O)CC(C(=O)CNC(=O)CCN1C(=O)C=CC1=O)CC3. The van der Waals surface area contributed by atoms with Crippen LogP contribution in [0.15, 0.2) is 30.4 Å². The standard InChI is InChI=1S/C28H24N2O9/c1-39-18-4-2-3-15-22(18)28(38)24-23(26(15)36)27(37)16-11-13(5-6-14(16)25(24)35)17(31)12-29-19(32)9-10-30-20(33)7-8-21(30)34/h2-4,7-8,13,35,37H,5-6,9-12H2,1H3,(H,29,32). The topological polar surface area (TPSA) is 167 Å². The van der Waals surface area contributed by atoms with Crippen LogP contribution in [-0.2, 0) is 32.0 Å². The van der Waals surface area contributed by atoms with Gasteiger partial charge in [-0.1, -0.05) is 12.1 Å². The molecule has 0 bridgehead atoms. The van der Waals surface area contributed by atoms with Gasteiger partial charge in [0.05, 0.1) is 30.3 Å². The monoisotopic (exact) mass is 532 g/mol. The fourth-order valence-electron chi connectivity index (χ4n) is 5.37. The zero-order chi connectivity index (χ0) is 28.0. The summed E-state index contributed by atoms with van der Waals surface area (Å²) in [5, 5.41) is 24.7. The molecule has 0 spiro atoms. The average Bonchev–Trinajstić information content (AvgIpc) is 3.26. The molecule has 11 heteroatoms. The molecule has 5 rings (SSSR count). The van der Waals surface area contributed by atoms with Gasteiger partial charge in [0.2, 0.25) is 11.7 Å². The Hall–Kier alpha value is -4.80. The number of benzene rings is 2. The lowest BCUT2D eigenvalue weighted by Gasteiger charge is -2.29. The van der Waals surface area contributed by atoms with E-state index in [1.54, 1.807) is 6.07 Å². The van der Waals surface area contributed by atoms with E-state index in [1.165, 1.54) is 19.2 Å². The number of methoxy groups -OCH3 is 1. The van der Waals surface area contributed by atoms with Crippen LogP contribution in [0.5, 0.6) is 17.2 Å². The van der Waals surface area contributed by atoms with E-state index in [9.17, 15) is 39.0 Å². The number of rotatable bonds is 7.